The fraction of sp³-hybridized carbons (Fsp3) is 0.227. The molecule has 5 aromatic rings. The average Bonchev–Trinajstić information content (AvgIpc) is 3.54. The molecule has 4 aromatic carbocycles. The number of ether oxygens (including phenoxy) is 3. The second-order valence-corrected chi connectivity index (χ2v) is 15.3. The predicted octanol–water partition coefficient (Wildman–Crippen LogP) is 9.09. The monoisotopic (exact) mass is 789 g/mol. The molecule has 10 nitrogen and oxygen atoms in total. The van der Waals surface area contributed by atoms with Crippen molar-refractivity contribution in [2.75, 3.05) is 32.0 Å². The van der Waals surface area contributed by atoms with Gasteiger partial charge in [-0.15, -0.1) is 23.1 Å². The van der Waals surface area contributed by atoms with Gasteiger partial charge in [0, 0.05) is 26.6 Å². The molecule has 0 bridgehead atoms. The van der Waals surface area contributed by atoms with Crippen molar-refractivity contribution in [2.45, 2.75) is 48.7 Å². The van der Waals surface area contributed by atoms with Crippen molar-refractivity contribution in [2.24, 2.45) is 0 Å². The van der Waals surface area contributed by atoms with Crippen molar-refractivity contribution in [1.29, 1.82) is 0 Å². The van der Waals surface area contributed by atoms with Crippen LogP contribution in [0.4, 0.5) is 10.7 Å². The number of fused-ring (bicyclic) bond motifs is 1. The van der Waals surface area contributed by atoms with Gasteiger partial charge in [-0.2, -0.15) is 0 Å². The van der Waals surface area contributed by atoms with E-state index in [0.717, 1.165) is 54.5 Å². The summed E-state index contributed by atoms with van der Waals surface area (Å²) in [5.41, 5.74) is 3.48. The number of esters is 1. The number of carbonyl (C=O) groups excluding carboxylic acids is 4. The van der Waals surface area contributed by atoms with Crippen LogP contribution in [0.5, 0.6) is 11.5 Å². The van der Waals surface area contributed by atoms with E-state index in [0.29, 0.717) is 43.8 Å². The first-order valence-corrected chi connectivity index (χ1v) is 19.9. The van der Waals surface area contributed by atoms with Gasteiger partial charge >= 0.3 is 5.97 Å². The van der Waals surface area contributed by atoms with Crippen molar-refractivity contribution in [3.05, 3.63) is 142 Å². The molecular weight excluding hydrogens is 747 g/mol. The summed E-state index contributed by atoms with van der Waals surface area (Å²) in [6, 6.07) is 30.3. The molecule has 3 amide bonds. The molecule has 0 saturated heterocycles. The maximum absolute atomic E-state index is 14.3. The van der Waals surface area contributed by atoms with Gasteiger partial charge < -0.3 is 30.2 Å². The highest BCUT2D eigenvalue weighted by Gasteiger charge is 2.29. The molecule has 1 aromatic heterocycles. The summed E-state index contributed by atoms with van der Waals surface area (Å²) in [5, 5.41) is 8.57. The highest BCUT2D eigenvalue weighted by molar-refractivity contribution is 8.00. The van der Waals surface area contributed by atoms with E-state index in [-0.39, 0.29) is 11.6 Å². The zero-order valence-corrected chi connectivity index (χ0v) is 33.0. The lowest BCUT2D eigenvalue weighted by molar-refractivity contribution is -0.116. The van der Waals surface area contributed by atoms with E-state index in [1.54, 1.807) is 66.7 Å². The maximum Gasteiger partial charge on any atom is 0.341 e. The minimum atomic E-state index is -0.710. The first-order valence-electron chi connectivity index (χ1n) is 18.2. The van der Waals surface area contributed by atoms with Crippen LogP contribution in [-0.4, -0.2) is 45.0 Å². The first kappa shape index (κ1) is 39.8. The van der Waals surface area contributed by atoms with Crippen molar-refractivity contribution < 1.29 is 33.4 Å². The number of amides is 3. The summed E-state index contributed by atoms with van der Waals surface area (Å²) in [4.78, 5) is 56.4. The van der Waals surface area contributed by atoms with Crippen LogP contribution in [0.2, 0.25) is 0 Å². The molecule has 1 aliphatic rings. The van der Waals surface area contributed by atoms with E-state index in [1.807, 2.05) is 36.4 Å². The minimum Gasteiger partial charge on any atom is -0.497 e. The van der Waals surface area contributed by atoms with E-state index >= 15 is 0 Å². The molecule has 1 unspecified atom stereocenters. The number of aryl methyl sites for hydroxylation is 1. The highest BCUT2D eigenvalue weighted by atomic mass is 32.2. The van der Waals surface area contributed by atoms with Gasteiger partial charge in [-0.25, -0.2) is 4.79 Å². The quantitative estimate of drug-likeness (QED) is 0.0612. The van der Waals surface area contributed by atoms with Gasteiger partial charge in [0.15, 0.2) is 0 Å². The van der Waals surface area contributed by atoms with Gasteiger partial charge in [0.05, 0.1) is 26.9 Å². The summed E-state index contributed by atoms with van der Waals surface area (Å²) in [6.07, 6.45) is 7.39. The number of thioether (sulfide) groups is 1. The second-order valence-electron chi connectivity index (χ2n) is 13.0. The Balaban J connectivity index is 1.28. The molecule has 1 heterocycles. The van der Waals surface area contributed by atoms with E-state index in [1.165, 1.54) is 50.5 Å². The Hall–Kier alpha value is -5.85. The molecule has 0 spiro atoms. The van der Waals surface area contributed by atoms with Gasteiger partial charge in [-0.1, -0.05) is 67.4 Å². The van der Waals surface area contributed by atoms with E-state index in [4.69, 9.17) is 14.2 Å². The molecule has 56 heavy (non-hydrogen) atoms. The largest absolute Gasteiger partial charge is 0.497 e. The fourth-order valence-corrected chi connectivity index (χ4v) is 8.80. The van der Waals surface area contributed by atoms with Gasteiger partial charge in [-0.05, 0) is 91.4 Å². The maximum atomic E-state index is 14.3. The number of hydrogen-bond donors (Lipinski definition) is 3. The van der Waals surface area contributed by atoms with Crippen molar-refractivity contribution >= 4 is 63.6 Å². The van der Waals surface area contributed by atoms with Crippen LogP contribution in [0.25, 0.3) is 6.08 Å². The molecular formula is C44H43N3O7S2. The van der Waals surface area contributed by atoms with Crippen molar-refractivity contribution in [1.82, 2.24) is 5.32 Å². The topological polar surface area (TPSA) is 132 Å². The molecule has 6 rings (SSSR count). The summed E-state index contributed by atoms with van der Waals surface area (Å²) in [5.74, 6) is -0.787. The van der Waals surface area contributed by atoms with Crippen molar-refractivity contribution in [3.63, 3.8) is 0 Å². The smallest absolute Gasteiger partial charge is 0.341 e. The summed E-state index contributed by atoms with van der Waals surface area (Å²) < 4.78 is 16.1. The summed E-state index contributed by atoms with van der Waals surface area (Å²) >= 11 is 2.77. The Morgan fingerprint density at radius 3 is 2.21 bits per heavy atom. The van der Waals surface area contributed by atoms with Gasteiger partial charge in [0.2, 0.25) is 5.91 Å². The number of hydrogen-bond acceptors (Lipinski definition) is 9. The Morgan fingerprint density at radius 2 is 1.50 bits per heavy atom. The van der Waals surface area contributed by atoms with Crippen LogP contribution < -0.4 is 25.4 Å². The molecule has 288 valence electrons. The van der Waals surface area contributed by atoms with Gasteiger partial charge in [-0.3, -0.25) is 14.4 Å². The minimum absolute atomic E-state index is 0.0311. The number of rotatable bonds is 13. The zero-order valence-electron chi connectivity index (χ0n) is 31.4. The fourth-order valence-electron chi connectivity index (χ4n) is 6.44. The molecule has 0 radical (unpaired) electrons. The molecule has 0 fully saturated rings. The number of methoxy groups -OCH3 is 3. The molecule has 1 atom stereocenters. The Morgan fingerprint density at radius 1 is 0.768 bits per heavy atom. The van der Waals surface area contributed by atoms with E-state index in [9.17, 15) is 19.2 Å². The lowest BCUT2D eigenvalue weighted by Gasteiger charge is -2.18. The number of thiophene rings is 1. The third-order valence-electron chi connectivity index (χ3n) is 9.25. The molecule has 0 saturated carbocycles. The van der Waals surface area contributed by atoms with Crippen LogP contribution in [0.1, 0.15) is 73.2 Å². The number of carbonyl (C=O) groups is 4. The van der Waals surface area contributed by atoms with Gasteiger partial charge in [0.25, 0.3) is 11.8 Å². The lowest BCUT2D eigenvalue weighted by Crippen LogP contribution is -2.30. The van der Waals surface area contributed by atoms with E-state index in [2.05, 4.69) is 16.0 Å². The molecule has 12 heteroatoms. The van der Waals surface area contributed by atoms with Crippen LogP contribution in [-0.2, 0) is 27.2 Å². The van der Waals surface area contributed by atoms with E-state index < -0.39 is 23.0 Å². The standard InChI is InChI=1S/C44H43N3O7S2/c1-52-32-23-24-36(53-2)30(25-32)26-35(46-40(48)29-17-10-7-11-18-29)41(49)45-31-19-14-20-33(27-31)55-39(28-15-8-6-9-16-28)42(50)47-43-38(44(51)54-3)34-21-12-4-5-13-22-37(34)56-43/h6-11,14-20,23-27,39H,4-5,12-13,21-22H2,1-3H3,(H,45,49)(H,46,48)(H,47,50)/b35-26+. The number of anilines is 2. The number of nitrogens with one attached hydrogen (secondary N) is 3. The SMILES string of the molecule is COC(=O)c1c(NC(=O)C(Sc2cccc(NC(=O)/C(=C\c3cc(OC)ccc3OC)NC(=O)c3ccccc3)c2)c2ccccc2)sc2c1CCCCCC2. The summed E-state index contributed by atoms with van der Waals surface area (Å²) in [6.45, 7) is 0. The van der Waals surface area contributed by atoms with Crippen LogP contribution in [0.15, 0.2) is 114 Å². The van der Waals surface area contributed by atoms with Crippen molar-refractivity contribution in [3.8, 4) is 11.5 Å². The molecule has 3 N–H and O–H groups in total. The average molecular weight is 790 g/mol. The molecule has 0 aliphatic heterocycles. The Labute approximate surface area is 334 Å². The van der Waals surface area contributed by atoms with Crippen LogP contribution in [0, 0.1) is 0 Å². The zero-order chi connectivity index (χ0) is 39.4. The third kappa shape index (κ3) is 9.87. The van der Waals surface area contributed by atoms with Crippen LogP contribution >= 0.6 is 23.1 Å². The van der Waals surface area contributed by atoms with Crippen LogP contribution in [0.3, 0.4) is 0 Å². The summed E-state index contributed by atoms with van der Waals surface area (Å²) in [7, 11) is 4.41. The number of benzene rings is 4. The van der Waals surface area contributed by atoms with Gasteiger partial charge in [0.1, 0.15) is 27.4 Å². The lowest BCUT2D eigenvalue weighted by atomic mass is 9.96. The highest BCUT2D eigenvalue weighted by Crippen LogP contribution is 2.41. The Kier molecular flexibility index (Phi) is 13.6. The first-order chi connectivity index (χ1) is 27.3. The predicted molar refractivity (Wildman–Crippen MR) is 222 cm³/mol. The second kappa shape index (κ2) is 19.1. The third-order valence-corrected chi connectivity index (χ3v) is 11.7. The Bertz CT molecular complexity index is 2220. The molecule has 1 aliphatic carbocycles. The normalized spacial score (nSPS) is 13.2.